The molecule has 0 atom stereocenters. The van der Waals surface area contributed by atoms with Crippen LogP contribution in [0.25, 0.3) is 0 Å². The molecule has 1 fully saturated rings. The van der Waals surface area contributed by atoms with E-state index in [9.17, 15) is 9.59 Å². The predicted molar refractivity (Wildman–Crippen MR) is 118 cm³/mol. The van der Waals surface area contributed by atoms with E-state index in [2.05, 4.69) is 22.5 Å². The highest BCUT2D eigenvalue weighted by molar-refractivity contribution is 7.17. The summed E-state index contributed by atoms with van der Waals surface area (Å²) in [6.45, 7) is 7.18. The van der Waals surface area contributed by atoms with Crippen molar-refractivity contribution >= 4 is 34.0 Å². The number of nitrogens with two attached hydrogens (primary N) is 1. The summed E-state index contributed by atoms with van der Waals surface area (Å²) in [7, 11) is 0. The molecule has 3 amide bonds. The number of fused-ring (bicyclic) bond motifs is 1. The highest BCUT2D eigenvalue weighted by Gasteiger charge is 2.35. The number of nitrogens with zero attached hydrogens (tertiary/aromatic N) is 1. The van der Waals surface area contributed by atoms with E-state index in [-0.39, 0.29) is 6.03 Å². The summed E-state index contributed by atoms with van der Waals surface area (Å²) >= 11 is 1.47. The molecule has 1 saturated carbocycles. The first-order valence-electron chi connectivity index (χ1n) is 10.1. The maximum atomic E-state index is 12.5. The third-order valence-corrected chi connectivity index (χ3v) is 7.22. The number of benzene rings is 1. The van der Waals surface area contributed by atoms with Crippen molar-refractivity contribution in [1.29, 1.82) is 0 Å². The minimum absolute atomic E-state index is 0.367. The van der Waals surface area contributed by atoms with E-state index in [1.165, 1.54) is 30.6 Å². The SMILES string of the molecule is Cc1ccc(NC(=O)Nc2sc3c(c2C(N)=O)CCN(CC2(C)CCC2)C3)cc1. The first-order valence-corrected chi connectivity index (χ1v) is 11.0. The van der Waals surface area contributed by atoms with Crippen molar-refractivity contribution < 1.29 is 9.59 Å². The van der Waals surface area contributed by atoms with E-state index in [0.717, 1.165) is 42.1 Å². The van der Waals surface area contributed by atoms with Crippen LogP contribution in [0.1, 0.15) is 52.5 Å². The summed E-state index contributed by atoms with van der Waals surface area (Å²) in [5, 5.41) is 6.21. The Morgan fingerprint density at radius 3 is 2.55 bits per heavy atom. The van der Waals surface area contributed by atoms with Crippen molar-refractivity contribution in [3.8, 4) is 0 Å². The van der Waals surface area contributed by atoms with Crippen molar-refractivity contribution in [3.05, 3.63) is 45.8 Å². The predicted octanol–water partition coefficient (Wildman–Crippen LogP) is 4.35. The molecule has 4 N–H and O–H groups in total. The van der Waals surface area contributed by atoms with Gasteiger partial charge in [-0.3, -0.25) is 15.0 Å². The van der Waals surface area contributed by atoms with Gasteiger partial charge in [-0.05, 0) is 49.3 Å². The number of carbonyl (C=O) groups is 2. The maximum Gasteiger partial charge on any atom is 0.324 e. The fraction of sp³-hybridized carbons (Fsp3) is 0.455. The van der Waals surface area contributed by atoms with Crippen LogP contribution in [0.15, 0.2) is 24.3 Å². The van der Waals surface area contributed by atoms with Crippen LogP contribution in [0.2, 0.25) is 0 Å². The van der Waals surface area contributed by atoms with Gasteiger partial charge >= 0.3 is 6.03 Å². The molecule has 1 aromatic carbocycles. The third kappa shape index (κ3) is 4.31. The van der Waals surface area contributed by atoms with Gasteiger partial charge in [-0.2, -0.15) is 0 Å². The number of nitrogens with one attached hydrogen (secondary N) is 2. The number of anilines is 2. The largest absolute Gasteiger partial charge is 0.365 e. The van der Waals surface area contributed by atoms with Crippen LogP contribution in [-0.2, 0) is 13.0 Å². The molecule has 1 aliphatic carbocycles. The molecule has 7 heteroatoms. The van der Waals surface area contributed by atoms with E-state index in [1.54, 1.807) is 0 Å². The first-order chi connectivity index (χ1) is 13.8. The molecule has 2 aromatic rings. The maximum absolute atomic E-state index is 12.5. The van der Waals surface area contributed by atoms with Crippen molar-refractivity contribution in [3.63, 3.8) is 0 Å². The Hall–Kier alpha value is -2.38. The molecule has 0 spiro atoms. The number of rotatable bonds is 5. The molecule has 0 bridgehead atoms. The molecule has 29 heavy (non-hydrogen) atoms. The summed E-state index contributed by atoms with van der Waals surface area (Å²) in [4.78, 5) is 28.2. The second-order valence-electron chi connectivity index (χ2n) is 8.64. The number of urea groups is 1. The number of thiophene rings is 1. The van der Waals surface area contributed by atoms with E-state index in [1.807, 2.05) is 31.2 Å². The van der Waals surface area contributed by atoms with Gasteiger partial charge in [-0.1, -0.05) is 31.0 Å². The van der Waals surface area contributed by atoms with Crippen LogP contribution < -0.4 is 16.4 Å². The highest BCUT2D eigenvalue weighted by atomic mass is 32.1. The van der Waals surface area contributed by atoms with E-state index < -0.39 is 5.91 Å². The van der Waals surface area contributed by atoms with Crippen LogP contribution in [0.5, 0.6) is 0 Å². The summed E-state index contributed by atoms with van der Waals surface area (Å²) in [6.07, 6.45) is 4.70. The quantitative estimate of drug-likeness (QED) is 0.682. The zero-order valence-electron chi connectivity index (χ0n) is 17.0. The van der Waals surface area contributed by atoms with Crippen LogP contribution >= 0.6 is 11.3 Å². The summed E-state index contributed by atoms with van der Waals surface area (Å²) in [6, 6.07) is 7.20. The molecule has 1 aliphatic heterocycles. The van der Waals surface area contributed by atoms with Gasteiger partial charge in [0.25, 0.3) is 5.91 Å². The van der Waals surface area contributed by atoms with Crippen molar-refractivity contribution in [2.24, 2.45) is 11.1 Å². The Labute approximate surface area is 175 Å². The number of carbonyl (C=O) groups excluding carboxylic acids is 2. The van der Waals surface area contributed by atoms with Crippen LogP contribution in [0.4, 0.5) is 15.5 Å². The lowest BCUT2D eigenvalue weighted by Gasteiger charge is -2.43. The molecule has 6 nitrogen and oxygen atoms in total. The Balaban J connectivity index is 1.49. The van der Waals surface area contributed by atoms with Crippen LogP contribution in [-0.4, -0.2) is 29.9 Å². The lowest BCUT2D eigenvalue weighted by molar-refractivity contribution is 0.0785. The topological polar surface area (TPSA) is 87.5 Å². The van der Waals surface area contributed by atoms with Crippen molar-refractivity contribution in [2.45, 2.75) is 46.1 Å². The second-order valence-corrected chi connectivity index (χ2v) is 9.75. The van der Waals surface area contributed by atoms with Crippen LogP contribution in [0, 0.1) is 12.3 Å². The number of amides is 3. The Morgan fingerprint density at radius 2 is 1.93 bits per heavy atom. The van der Waals surface area contributed by atoms with E-state index in [4.69, 9.17) is 5.73 Å². The molecule has 2 aliphatic rings. The van der Waals surface area contributed by atoms with Gasteiger partial charge in [0.15, 0.2) is 0 Å². The van der Waals surface area contributed by atoms with Crippen molar-refractivity contribution in [1.82, 2.24) is 4.90 Å². The lowest BCUT2D eigenvalue weighted by Crippen LogP contribution is -2.42. The van der Waals surface area contributed by atoms with Gasteiger partial charge in [0.05, 0.1) is 5.56 Å². The fourth-order valence-corrected chi connectivity index (χ4v) is 5.61. The van der Waals surface area contributed by atoms with E-state index in [0.29, 0.717) is 21.7 Å². The molecule has 0 saturated heterocycles. The Morgan fingerprint density at radius 1 is 1.21 bits per heavy atom. The van der Waals surface area contributed by atoms with Gasteiger partial charge in [-0.25, -0.2) is 4.79 Å². The first kappa shape index (κ1) is 19.9. The van der Waals surface area contributed by atoms with Gasteiger partial charge in [-0.15, -0.1) is 11.3 Å². The Kier molecular flexibility index (Phi) is 5.36. The molecule has 154 valence electrons. The standard InChI is InChI=1S/C22H28N4O2S/c1-14-4-6-15(7-5-14)24-21(28)25-20-18(19(23)27)16-8-11-26(12-17(16)29-20)13-22(2)9-3-10-22/h4-7H,3,8-13H2,1-2H3,(H2,23,27)(H2,24,25,28). The third-order valence-electron chi connectivity index (χ3n) is 6.08. The zero-order chi connectivity index (χ0) is 20.6. The lowest BCUT2D eigenvalue weighted by atomic mass is 9.70. The molecule has 0 unspecified atom stereocenters. The van der Waals surface area contributed by atoms with Crippen molar-refractivity contribution in [2.75, 3.05) is 23.7 Å². The molecular weight excluding hydrogens is 384 g/mol. The summed E-state index contributed by atoms with van der Waals surface area (Å²) in [5.74, 6) is -0.479. The number of hydrogen-bond acceptors (Lipinski definition) is 4. The monoisotopic (exact) mass is 412 g/mol. The van der Waals surface area contributed by atoms with Gasteiger partial charge in [0, 0.05) is 30.2 Å². The van der Waals surface area contributed by atoms with Crippen LogP contribution in [0.3, 0.4) is 0 Å². The van der Waals surface area contributed by atoms with Gasteiger partial charge in [0.1, 0.15) is 5.00 Å². The normalized spacial score (nSPS) is 17.9. The molecule has 1 aromatic heterocycles. The average molecular weight is 413 g/mol. The second kappa shape index (κ2) is 7.80. The fourth-order valence-electron chi connectivity index (χ4n) is 4.32. The molecule has 4 rings (SSSR count). The highest BCUT2D eigenvalue weighted by Crippen LogP contribution is 2.43. The van der Waals surface area contributed by atoms with Gasteiger partial charge in [0.2, 0.25) is 0 Å². The number of primary amides is 1. The smallest absolute Gasteiger partial charge is 0.324 e. The van der Waals surface area contributed by atoms with Gasteiger partial charge < -0.3 is 11.1 Å². The summed E-state index contributed by atoms with van der Waals surface area (Å²) in [5.41, 5.74) is 9.41. The zero-order valence-corrected chi connectivity index (χ0v) is 17.8. The number of hydrogen-bond donors (Lipinski definition) is 3. The Bertz CT molecular complexity index is 931. The van der Waals surface area contributed by atoms with E-state index >= 15 is 0 Å². The molecule has 0 radical (unpaired) electrons. The molecule has 2 heterocycles. The average Bonchev–Trinajstić information content (AvgIpc) is 2.99. The summed E-state index contributed by atoms with van der Waals surface area (Å²) < 4.78 is 0. The minimum atomic E-state index is -0.479. The molecular formula is C22H28N4O2S. The minimum Gasteiger partial charge on any atom is -0.365 e. The number of aryl methyl sites for hydroxylation is 1.